The fourth-order valence-electron chi connectivity index (χ4n) is 11.3. The number of carbonyl (C=O) groups excluding carboxylic acids is 1. The van der Waals surface area contributed by atoms with Crippen LogP contribution in [0.1, 0.15) is 239 Å². The highest BCUT2D eigenvalue weighted by Crippen LogP contribution is 2.33. The largest absolute Gasteiger partial charge is 0.394 e. The summed E-state index contributed by atoms with van der Waals surface area (Å²) in [6, 6.07) is -0.998. The van der Waals surface area contributed by atoms with Gasteiger partial charge in [-0.1, -0.05) is 223 Å². The Labute approximate surface area is 516 Å². The Morgan fingerprint density at radius 3 is 1.27 bits per heavy atom. The Balaban J connectivity index is 1.44. The number of aliphatic hydroxyl groups excluding tert-OH is 11. The highest BCUT2D eigenvalue weighted by atomic mass is 16.8. The van der Waals surface area contributed by atoms with Crippen LogP contribution in [0.15, 0.2) is 48.6 Å². The van der Waals surface area contributed by atoms with Gasteiger partial charge >= 0.3 is 0 Å². The van der Waals surface area contributed by atoms with E-state index in [1.165, 1.54) is 141 Å². The normalized spacial score (nSPS) is 29.1. The monoisotopic (exact) mass is 1230 g/mol. The molecule has 3 aliphatic heterocycles. The summed E-state index contributed by atoms with van der Waals surface area (Å²) < 4.78 is 34.3. The molecule has 19 heteroatoms. The van der Waals surface area contributed by atoms with Gasteiger partial charge in [0.25, 0.3) is 0 Å². The summed E-state index contributed by atoms with van der Waals surface area (Å²) in [5.41, 5.74) is 0. The molecule has 3 rings (SSSR count). The molecule has 0 radical (unpaired) electrons. The number of allylic oxidation sites excluding steroid dienone is 7. The maximum absolute atomic E-state index is 13.3. The number of hydrogen-bond acceptors (Lipinski definition) is 18. The summed E-state index contributed by atoms with van der Waals surface area (Å²) in [5, 5.41) is 120. The lowest BCUT2D eigenvalue weighted by atomic mass is 9.96. The molecule has 0 bridgehead atoms. The fraction of sp³-hybridized carbons (Fsp3) is 0.866. The second-order valence-electron chi connectivity index (χ2n) is 24.3. The predicted octanol–water partition coefficient (Wildman–Crippen LogP) is 8.22. The van der Waals surface area contributed by atoms with Gasteiger partial charge in [-0.05, 0) is 57.8 Å². The number of nitrogens with one attached hydrogen (secondary N) is 1. The summed E-state index contributed by atoms with van der Waals surface area (Å²) in [6.45, 7) is 1.66. The summed E-state index contributed by atoms with van der Waals surface area (Å²) in [7, 11) is 0. The van der Waals surface area contributed by atoms with Crippen LogP contribution >= 0.6 is 0 Å². The van der Waals surface area contributed by atoms with Crippen molar-refractivity contribution in [1.29, 1.82) is 0 Å². The smallest absolute Gasteiger partial charge is 0.220 e. The van der Waals surface area contributed by atoms with Gasteiger partial charge in [0.1, 0.15) is 73.2 Å². The van der Waals surface area contributed by atoms with E-state index in [0.717, 1.165) is 64.2 Å². The maximum Gasteiger partial charge on any atom is 0.220 e. The molecule has 0 aromatic carbocycles. The number of unbranched alkanes of at least 4 members (excludes halogenated alkanes) is 29. The second-order valence-corrected chi connectivity index (χ2v) is 24.3. The Morgan fingerprint density at radius 1 is 0.419 bits per heavy atom. The molecule has 17 atom stereocenters. The highest BCUT2D eigenvalue weighted by molar-refractivity contribution is 5.76. The molecule has 17 unspecified atom stereocenters. The van der Waals surface area contributed by atoms with Gasteiger partial charge in [0.15, 0.2) is 18.9 Å². The quantitative estimate of drug-likeness (QED) is 0.0202. The van der Waals surface area contributed by atoms with Gasteiger partial charge in [0, 0.05) is 6.42 Å². The number of aliphatic hydroxyl groups is 11. The lowest BCUT2D eigenvalue weighted by Gasteiger charge is -2.48. The van der Waals surface area contributed by atoms with E-state index in [2.05, 4.69) is 55.6 Å². The van der Waals surface area contributed by atoms with E-state index in [0.29, 0.717) is 12.8 Å². The van der Waals surface area contributed by atoms with Gasteiger partial charge in [-0.3, -0.25) is 4.79 Å². The van der Waals surface area contributed by atoms with E-state index < -0.39 is 124 Å². The highest BCUT2D eigenvalue weighted by Gasteiger charge is 2.53. The minimum Gasteiger partial charge on any atom is -0.394 e. The van der Waals surface area contributed by atoms with Crippen LogP contribution in [0.4, 0.5) is 0 Å². The molecule has 0 aliphatic carbocycles. The van der Waals surface area contributed by atoms with Crippen molar-refractivity contribution in [2.75, 3.05) is 26.4 Å². The Morgan fingerprint density at radius 2 is 0.791 bits per heavy atom. The van der Waals surface area contributed by atoms with E-state index in [9.17, 15) is 61.0 Å². The Kier molecular flexibility index (Phi) is 44.8. The maximum atomic E-state index is 13.3. The Hall–Kier alpha value is -2.25. The van der Waals surface area contributed by atoms with Crippen LogP contribution in [0.2, 0.25) is 0 Å². The van der Waals surface area contributed by atoms with Crippen molar-refractivity contribution in [3.05, 3.63) is 48.6 Å². The van der Waals surface area contributed by atoms with Crippen LogP contribution in [0.3, 0.4) is 0 Å². The van der Waals surface area contributed by atoms with E-state index in [-0.39, 0.29) is 18.9 Å². The average Bonchev–Trinajstić information content (AvgIpc) is 3.43. The van der Waals surface area contributed by atoms with Gasteiger partial charge in [-0.15, -0.1) is 0 Å². The molecular formula is C67H121NO18. The Bertz CT molecular complexity index is 1750. The summed E-state index contributed by atoms with van der Waals surface area (Å²) >= 11 is 0. The van der Waals surface area contributed by atoms with Gasteiger partial charge in [0.05, 0.1) is 38.6 Å². The summed E-state index contributed by atoms with van der Waals surface area (Å²) in [4.78, 5) is 13.3. The van der Waals surface area contributed by atoms with Crippen molar-refractivity contribution < 1.29 is 89.4 Å². The van der Waals surface area contributed by atoms with Gasteiger partial charge in [-0.2, -0.15) is 0 Å². The number of carbonyl (C=O) groups is 1. The van der Waals surface area contributed by atoms with Gasteiger partial charge in [0.2, 0.25) is 5.91 Å². The lowest BCUT2D eigenvalue weighted by Crippen LogP contribution is -2.66. The topological polar surface area (TPSA) is 307 Å². The first-order valence-electron chi connectivity index (χ1n) is 33.9. The fourth-order valence-corrected chi connectivity index (χ4v) is 11.3. The third kappa shape index (κ3) is 31.7. The molecule has 3 heterocycles. The first-order valence-corrected chi connectivity index (χ1v) is 33.9. The second kappa shape index (κ2) is 49.5. The van der Waals surface area contributed by atoms with Gasteiger partial charge < -0.3 is 89.9 Å². The minimum atomic E-state index is -1.98. The van der Waals surface area contributed by atoms with E-state index in [1.54, 1.807) is 6.08 Å². The van der Waals surface area contributed by atoms with Crippen LogP contribution in [0, 0.1) is 0 Å². The molecule has 0 saturated carbocycles. The van der Waals surface area contributed by atoms with Crippen molar-refractivity contribution in [1.82, 2.24) is 5.32 Å². The minimum absolute atomic E-state index is 0.218. The molecular weight excluding hydrogens is 1110 g/mol. The van der Waals surface area contributed by atoms with E-state index in [4.69, 9.17) is 28.4 Å². The first kappa shape index (κ1) is 78.0. The van der Waals surface area contributed by atoms with Crippen molar-refractivity contribution in [3.63, 3.8) is 0 Å². The third-order valence-electron chi connectivity index (χ3n) is 16.8. The zero-order valence-corrected chi connectivity index (χ0v) is 52.8. The number of amides is 1. The molecule has 1 amide bonds. The summed E-state index contributed by atoms with van der Waals surface area (Å²) in [6.07, 6.45) is 31.1. The molecule has 502 valence electrons. The molecule has 86 heavy (non-hydrogen) atoms. The molecule has 19 nitrogen and oxygen atoms in total. The number of hydrogen-bond donors (Lipinski definition) is 12. The molecule has 0 aromatic heterocycles. The molecule has 3 saturated heterocycles. The van der Waals surface area contributed by atoms with E-state index in [1.807, 2.05) is 6.08 Å². The molecule has 12 N–H and O–H groups in total. The molecule has 3 fully saturated rings. The summed E-state index contributed by atoms with van der Waals surface area (Å²) in [5.74, 6) is -0.300. The van der Waals surface area contributed by atoms with Crippen LogP contribution in [0.5, 0.6) is 0 Å². The van der Waals surface area contributed by atoms with Crippen LogP contribution < -0.4 is 5.32 Å². The predicted molar refractivity (Wildman–Crippen MR) is 332 cm³/mol. The average molecular weight is 1230 g/mol. The first-order chi connectivity index (χ1) is 41.8. The number of rotatable bonds is 51. The van der Waals surface area contributed by atoms with Crippen molar-refractivity contribution in [2.24, 2.45) is 0 Å². The van der Waals surface area contributed by atoms with Crippen LogP contribution in [-0.2, 0) is 33.2 Å². The van der Waals surface area contributed by atoms with E-state index >= 15 is 0 Å². The number of ether oxygens (including phenoxy) is 6. The zero-order chi connectivity index (χ0) is 62.6. The van der Waals surface area contributed by atoms with Crippen LogP contribution in [0.25, 0.3) is 0 Å². The van der Waals surface area contributed by atoms with Crippen molar-refractivity contribution in [2.45, 2.75) is 343 Å². The standard InChI is InChI=1S/C67H121NO18/c1-3-5-7-9-11-13-15-17-19-20-21-22-23-24-25-26-27-28-29-30-31-32-34-36-38-40-42-44-51(72)50(68-55(73)45-43-41-39-37-35-33-18-16-14-12-10-8-6-4-2)49-81-65-61(79)58(76)63(53(47-70)83-65)86-67-62(80)59(77)64(54(48-71)84-67)85-66-60(78)57(75)56(74)52(46-69)82-66/h10,12,16,18,34,36,42,44,50-54,56-67,69-72,74-80H,3-9,11,13-15,17,19-33,35,37-41,43,45-49H2,1-2H3,(H,68,73)/b12-10-,18-16-,36-34+,44-42+. The molecule has 3 aliphatic rings. The SMILES string of the molecule is CCCC/C=C\C/C=C\CCCCCCCC(=O)NC(COC1OC(CO)C(OC2OC(CO)C(OC3OC(CO)C(O)C(O)C3O)C(O)C2O)C(O)C1O)C(O)/C=C/CC/C=C/CCCCCCCCCCCCCCCCCCCCCCC. The third-order valence-corrected chi connectivity index (χ3v) is 16.8. The van der Waals surface area contributed by atoms with Crippen molar-refractivity contribution in [3.8, 4) is 0 Å². The van der Waals surface area contributed by atoms with Crippen LogP contribution in [-0.4, -0.2) is 193 Å². The molecule has 0 aromatic rings. The van der Waals surface area contributed by atoms with Crippen molar-refractivity contribution >= 4 is 5.91 Å². The zero-order valence-electron chi connectivity index (χ0n) is 52.8. The molecule has 0 spiro atoms. The van der Waals surface area contributed by atoms with Gasteiger partial charge in [-0.25, -0.2) is 0 Å². The lowest BCUT2D eigenvalue weighted by molar-refractivity contribution is -0.379.